The van der Waals surface area contributed by atoms with Gasteiger partial charge in [0.2, 0.25) is 5.88 Å². The van der Waals surface area contributed by atoms with Crippen molar-refractivity contribution in [3.05, 3.63) is 77.0 Å². The van der Waals surface area contributed by atoms with Gasteiger partial charge < -0.3 is 20.3 Å². The smallest absolute Gasteiger partial charge is 0.305 e. The molecule has 0 aliphatic heterocycles. The Morgan fingerprint density at radius 2 is 1.80 bits per heavy atom. The van der Waals surface area contributed by atoms with Crippen LogP contribution in [0.1, 0.15) is 60.4 Å². The molecular formula is C27H33N3O5. The minimum absolute atomic E-state index is 0.00839. The van der Waals surface area contributed by atoms with Crippen molar-refractivity contribution in [2.45, 2.75) is 52.7 Å². The lowest BCUT2D eigenvalue weighted by Gasteiger charge is -2.27. The van der Waals surface area contributed by atoms with Crippen LogP contribution < -0.4 is 10.1 Å². The van der Waals surface area contributed by atoms with Gasteiger partial charge in [-0.15, -0.1) is 0 Å². The van der Waals surface area contributed by atoms with Gasteiger partial charge in [-0.05, 0) is 49.9 Å². The molecule has 0 bridgehead atoms. The van der Waals surface area contributed by atoms with Crippen LogP contribution in [-0.2, 0) is 4.79 Å². The van der Waals surface area contributed by atoms with Crippen molar-refractivity contribution in [1.82, 2.24) is 15.1 Å². The molecule has 0 unspecified atom stereocenters. The Morgan fingerprint density at radius 3 is 2.40 bits per heavy atom. The summed E-state index contributed by atoms with van der Waals surface area (Å²) in [5, 5.41) is 27.3. The van der Waals surface area contributed by atoms with Crippen LogP contribution in [0, 0.1) is 19.8 Å². The molecule has 0 radical (unpaired) electrons. The van der Waals surface area contributed by atoms with Crippen LogP contribution in [0.3, 0.4) is 0 Å². The second-order valence-electron chi connectivity index (χ2n) is 9.40. The van der Waals surface area contributed by atoms with Crippen molar-refractivity contribution in [1.29, 1.82) is 0 Å². The van der Waals surface area contributed by atoms with Crippen LogP contribution in [0.5, 0.6) is 5.88 Å². The Hall–Kier alpha value is -3.65. The Kier molecular flexibility index (Phi) is 7.96. The highest BCUT2D eigenvalue weighted by Crippen LogP contribution is 2.25. The fourth-order valence-electron chi connectivity index (χ4n) is 3.58. The van der Waals surface area contributed by atoms with Gasteiger partial charge in [-0.2, -0.15) is 5.10 Å². The molecular weight excluding hydrogens is 446 g/mol. The largest absolute Gasteiger partial charge is 0.481 e. The number of para-hydroxylation sites is 1. The van der Waals surface area contributed by atoms with Crippen molar-refractivity contribution in [2.75, 3.05) is 6.61 Å². The monoisotopic (exact) mass is 479 g/mol. The number of aromatic nitrogens is 2. The molecule has 35 heavy (non-hydrogen) atoms. The van der Waals surface area contributed by atoms with E-state index in [0.29, 0.717) is 11.6 Å². The van der Waals surface area contributed by atoms with E-state index in [1.807, 2.05) is 76.2 Å². The molecule has 0 aliphatic rings. The van der Waals surface area contributed by atoms with Gasteiger partial charge in [-0.25, -0.2) is 4.68 Å². The number of hydrogen-bond donors (Lipinski definition) is 3. The molecule has 0 aliphatic carbocycles. The van der Waals surface area contributed by atoms with Gasteiger partial charge in [0.15, 0.2) is 5.69 Å². The van der Waals surface area contributed by atoms with E-state index in [9.17, 15) is 19.8 Å². The number of carboxylic acids is 1. The zero-order valence-corrected chi connectivity index (χ0v) is 20.8. The van der Waals surface area contributed by atoms with E-state index >= 15 is 0 Å². The number of benzene rings is 2. The first kappa shape index (κ1) is 26.0. The highest BCUT2D eigenvalue weighted by atomic mass is 16.5. The van der Waals surface area contributed by atoms with Crippen LogP contribution in [0.2, 0.25) is 0 Å². The number of ether oxygens (including phenoxy) is 1. The topological polar surface area (TPSA) is 114 Å². The first-order valence-corrected chi connectivity index (χ1v) is 11.6. The lowest BCUT2D eigenvalue weighted by atomic mass is 9.94. The third-order valence-electron chi connectivity index (χ3n) is 6.15. The number of nitrogens with one attached hydrogen (secondary N) is 1. The number of carboxylic acid groups (broad SMARTS) is 1. The third-order valence-corrected chi connectivity index (χ3v) is 6.15. The number of rotatable bonds is 10. The molecule has 0 saturated carbocycles. The minimum atomic E-state index is -1.08. The minimum Gasteiger partial charge on any atom is -0.481 e. The summed E-state index contributed by atoms with van der Waals surface area (Å²) in [6.45, 7) is 9.33. The first-order chi connectivity index (χ1) is 16.5. The number of aliphatic carboxylic acids is 1. The van der Waals surface area contributed by atoms with Gasteiger partial charge in [-0.3, -0.25) is 9.59 Å². The predicted molar refractivity (Wildman–Crippen MR) is 133 cm³/mol. The number of hydrogen-bond acceptors (Lipinski definition) is 5. The molecule has 186 valence electrons. The summed E-state index contributed by atoms with van der Waals surface area (Å²) < 4.78 is 7.41. The van der Waals surface area contributed by atoms with Crippen molar-refractivity contribution >= 4 is 11.9 Å². The van der Waals surface area contributed by atoms with E-state index in [4.69, 9.17) is 4.74 Å². The maximum Gasteiger partial charge on any atom is 0.305 e. The zero-order chi connectivity index (χ0) is 25.8. The standard InChI is InChI=1S/C27H33N3O5/c1-17(2)27(5,34)16-35-24-14-23(29-30(24)20-9-7-6-8-10-20)26(33)28-22(15-25(31)32)21-12-11-18(3)13-19(21)4/h6-14,17,22,34H,15-16H2,1-5H3,(H,28,33)(H,31,32)/t22-,27+/m0/s1. The number of amides is 1. The van der Waals surface area contributed by atoms with Gasteiger partial charge in [-0.1, -0.05) is 55.8 Å². The maximum absolute atomic E-state index is 13.2. The Labute approximate surface area is 205 Å². The Morgan fingerprint density at radius 1 is 1.11 bits per heavy atom. The van der Waals surface area contributed by atoms with Crippen LogP contribution in [0.15, 0.2) is 54.6 Å². The number of carbonyl (C=O) groups is 2. The molecule has 0 spiro atoms. The fraction of sp³-hybridized carbons (Fsp3) is 0.370. The van der Waals surface area contributed by atoms with Gasteiger partial charge in [0, 0.05) is 6.07 Å². The molecule has 3 rings (SSSR count). The van der Waals surface area contributed by atoms with Crippen molar-refractivity contribution in [2.24, 2.45) is 5.92 Å². The summed E-state index contributed by atoms with van der Waals surface area (Å²) in [4.78, 5) is 24.8. The molecule has 3 aromatic rings. The van der Waals surface area contributed by atoms with Crippen LogP contribution in [-0.4, -0.2) is 44.1 Å². The predicted octanol–water partition coefficient (Wildman–Crippen LogP) is 4.22. The van der Waals surface area contributed by atoms with E-state index in [-0.39, 0.29) is 24.6 Å². The van der Waals surface area contributed by atoms with Crippen LogP contribution in [0.4, 0.5) is 0 Å². The summed E-state index contributed by atoms with van der Waals surface area (Å²) in [6, 6.07) is 15.6. The third kappa shape index (κ3) is 6.48. The lowest BCUT2D eigenvalue weighted by molar-refractivity contribution is -0.137. The fourth-order valence-corrected chi connectivity index (χ4v) is 3.58. The van der Waals surface area contributed by atoms with Gasteiger partial charge in [0.25, 0.3) is 5.91 Å². The van der Waals surface area contributed by atoms with Crippen molar-refractivity contribution in [3.8, 4) is 11.6 Å². The van der Waals surface area contributed by atoms with Gasteiger partial charge >= 0.3 is 5.97 Å². The highest BCUT2D eigenvalue weighted by Gasteiger charge is 2.28. The molecule has 1 heterocycles. The molecule has 2 aromatic carbocycles. The summed E-state index contributed by atoms with van der Waals surface area (Å²) >= 11 is 0. The molecule has 3 N–H and O–H groups in total. The molecule has 8 nitrogen and oxygen atoms in total. The molecule has 0 saturated heterocycles. The average Bonchev–Trinajstić information content (AvgIpc) is 3.22. The molecule has 0 fully saturated rings. The van der Waals surface area contributed by atoms with Crippen molar-refractivity contribution < 1.29 is 24.5 Å². The number of carbonyl (C=O) groups excluding carboxylic acids is 1. The average molecular weight is 480 g/mol. The van der Waals surface area contributed by atoms with Crippen LogP contribution in [0.25, 0.3) is 5.69 Å². The van der Waals surface area contributed by atoms with E-state index in [1.165, 1.54) is 10.7 Å². The Balaban J connectivity index is 1.92. The second kappa shape index (κ2) is 10.7. The highest BCUT2D eigenvalue weighted by molar-refractivity contribution is 5.93. The summed E-state index contributed by atoms with van der Waals surface area (Å²) in [5.41, 5.74) is 2.36. The Bertz CT molecular complexity index is 1180. The van der Waals surface area contributed by atoms with Crippen molar-refractivity contribution in [3.63, 3.8) is 0 Å². The van der Waals surface area contributed by atoms with Gasteiger partial charge in [0.05, 0.1) is 23.8 Å². The normalized spacial score (nSPS) is 13.8. The number of aryl methyl sites for hydroxylation is 2. The maximum atomic E-state index is 13.2. The second-order valence-corrected chi connectivity index (χ2v) is 9.40. The quantitative estimate of drug-likeness (QED) is 0.401. The summed E-state index contributed by atoms with van der Waals surface area (Å²) in [7, 11) is 0. The summed E-state index contributed by atoms with van der Waals surface area (Å²) in [6.07, 6.45) is -0.268. The van der Waals surface area contributed by atoms with Crippen LogP contribution >= 0.6 is 0 Å². The molecule has 2 atom stereocenters. The lowest BCUT2D eigenvalue weighted by Crippen LogP contribution is -2.38. The van der Waals surface area contributed by atoms with E-state index < -0.39 is 23.5 Å². The number of aliphatic hydroxyl groups is 1. The SMILES string of the molecule is Cc1ccc([C@H](CC(=O)O)NC(=O)c2cc(OC[C@@](C)(O)C(C)C)n(-c3ccccc3)n2)c(C)c1. The molecule has 1 amide bonds. The molecule has 8 heteroatoms. The van der Waals surface area contributed by atoms with E-state index in [2.05, 4.69) is 10.4 Å². The number of nitrogens with zero attached hydrogens (tertiary/aromatic N) is 2. The summed E-state index contributed by atoms with van der Waals surface area (Å²) in [5.74, 6) is -1.30. The van der Waals surface area contributed by atoms with E-state index in [0.717, 1.165) is 16.7 Å². The van der Waals surface area contributed by atoms with E-state index in [1.54, 1.807) is 6.92 Å². The first-order valence-electron chi connectivity index (χ1n) is 11.6. The molecule has 1 aromatic heterocycles. The van der Waals surface area contributed by atoms with Gasteiger partial charge in [0.1, 0.15) is 6.61 Å². The zero-order valence-electron chi connectivity index (χ0n) is 20.8.